The monoisotopic (exact) mass is 862 g/mol. The molecule has 4 atom stereocenters. The van der Waals surface area contributed by atoms with E-state index < -0.39 is 12.6 Å². The first-order chi connectivity index (χ1) is 32.6. The Balaban J connectivity index is 0.908. The maximum Gasteiger partial charge on any atom is 0.171 e. The second-order valence-electron chi connectivity index (χ2n) is 18.4. The lowest BCUT2D eigenvalue weighted by Crippen LogP contribution is -2.34. The molecule has 1 aliphatic heterocycles. The van der Waals surface area contributed by atoms with E-state index in [1.54, 1.807) is 0 Å². The Hall–Kier alpha value is -7.58. The molecular weight excluding hydrogens is 820 g/mol. The lowest BCUT2D eigenvalue weighted by atomic mass is 9.65. The largest absolute Gasteiger partial charge is 0.309 e. The normalized spacial score (nSPS) is 20.2. The second kappa shape index (κ2) is 14.2. The standard InChI is InChI=1S/C62H43N2OP/c65-66(44-15-3-1-4-16-44,45-17-5-2-6-18-45)46-33-36-51-50-34-31-42(37-56(50)62(57(51)39-46)54-23-11-9-20-48(54)49-21-10-12-24-55(49)62)40-27-29-41(30-28-40)43-32-35-52-47-19-7-8-22-53(47)61-63-58-25-13-14-26-59(58)64(61)60(52)38-43/h1-21,23-39,48,53-54H,22H2/t48?,53?,54?,62-/m0/s1. The van der Waals surface area contributed by atoms with Crippen LogP contribution in [0, 0.1) is 5.92 Å². The highest BCUT2D eigenvalue weighted by Gasteiger charge is 2.57. The van der Waals surface area contributed by atoms with E-state index in [1.807, 2.05) is 60.7 Å². The summed E-state index contributed by atoms with van der Waals surface area (Å²) < 4.78 is 18.4. The summed E-state index contributed by atoms with van der Waals surface area (Å²) in [7, 11) is -3.25. The van der Waals surface area contributed by atoms with Crippen molar-refractivity contribution in [1.29, 1.82) is 0 Å². The first kappa shape index (κ1) is 37.8. The van der Waals surface area contributed by atoms with Crippen LogP contribution >= 0.6 is 7.14 Å². The van der Waals surface area contributed by atoms with Crippen LogP contribution in [0.3, 0.4) is 0 Å². The van der Waals surface area contributed by atoms with Gasteiger partial charge >= 0.3 is 0 Å². The van der Waals surface area contributed by atoms with Gasteiger partial charge in [-0.15, -0.1) is 0 Å². The van der Waals surface area contributed by atoms with Gasteiger partial charge in [0.1, 0.15) is 5.82 Å². The number of hydrogen-bond acceptors (Lipinski definition) is 2. The summed E-state index contributed by atoms with van der Waals surface area (Å²) >= 11 is 0. The molecule has 0 saturated carbocycles. The molecule has 3 nitrogen and oxygen atoms in total. The van der Waals surface area contributed by atoms with Crippen molar-refractivity contribution in [1.82, 2.24) is 9.55 Å². The molecule has 14 rings (SSSR count). The molecule has 312 valence electrons. The Bertz CT molecular complexity index is 3620. The molecule has 0 radical (unpaired) electrons. The third-order valence-electron chi connectivity index (χ3n) is 15.3. The lowest BCUT2D eigenvalue weighted by Gasteiger charge is -2.36. The van der Waals surface area contributed by atoms with Crippen molar-refractivity contribution in [2.24, 2.45) is 5.92 Å². The molecule has 0 fully saturated rings. The van der Waals surface area contributed by atoms with Crippen molar-refractivity contribution in [3.8, 4) is 39.1 Å². The first-order valence-electron chi connectivity index (χ1n) is 23.2. The highest BCUT2D eigenvalue weighted by molar-refractivity contribution is 7.85. The van der Waals surface area contributed by atoms with Gasteiger partial charge in [-0.3, -0.25) is 4.57 Å². The van der Waals surface area contributed by atoms with Gasteiger partial charge < -0.3 is 4.57 Å². The maximum atomic E-state index is 16.0. The number of aromatic nitrogens is 2. The molecule has 1 spiro atoms. The van der Waals surface area contributed by atoms with E-state index in [9.17, 15) is 0 Å². The minimum Gasteiger partial charge on any atom is -0.309 e. The van der Waals surface area contributed by atoms with Gasteiger partial charge in [-0.2, -0.15) is 0 Å². The average molecular weight is 863 g/mol. The number of hydrogen-bond donors (Lipinski definition) is 0. The van der Waals surface area contributed by atoms with E-state index in [1.165, 1.54) is 72.5 Å². The molecular formula is C62H43N2OP. The third-order valence-corrected chi connectivity index (χ3v) is 18.4. The second-order valence-corrected chi connectivity index (χ2v) is 21.2. The Labute approximate surface area is 384 Å². The van der Waals surface area contributed by atoms with Crippen LogP contribution in [-0.2, 0) is 9.98 Å². The van der Waals surface area contributed by atoms with E-state index in [0.717, 1.165) is 39.2 Å². The van der Waals surface area contributed by atoms with Gasteiger partial charge in [-0.1, -0.05) is 200 Å². The molecule has 1 aromatic heterocycles. The number of nitrogens with zero attached hydrogens (tertiary/aromatic N) is 2. The Morgan fingerprint density at radius 1 is 0.530 bits per heavy atom. The summed E-state index contributed by atoms with van der Waals surface area (Å²) in [5.41, 5.74) is 18.0. The fourth-order valence-corrected chi connectivity index (χ4v) is 15.1. The van der Waals surface area contributed by atoms with Gasteiger partial charge in [0.05, 0.1) is 22.1 Å². The number of rotatable bonds is 5. The van der Waals surface area contributed by atoms with Crippen molar-refractivity contribution < 1.29 is 4.57 Å². The van der Waals surface area contributed by atoms with Gasteiger partial charge in [0.25, 0.3) is 0 Å². The van der Waals surface area contributed by atoms with Crippen LogP contribution < -0.4 is 15.9 Å². The van der Waals surface area contributed by atoms with Crippen LogP contribution in [0.2, 0.25) is 0 Å². The molecule has 0 amide bonds. The van der Waals surface area contributed by atoms with E-state index in [-0.39, 0.29) is 17.8 Å². The smallest absolute Gasteiger partial charge is 0.171 e. The minimum atomic E-state index is -3.25. The van der Waals surface area contributed by atoms with Gasteiger partial charge in [0.15, 0.2) is 7.14 Å². The number of fused-ring (bicyclic) bond motifs is 18. The molecule has 5 aliphatic rings. The summed E-state index contributed by atoms with van der Waals surface area (Å²) in [5, 5.41) is 2.56. The molecule has 66 heavy (non-hydrogen) atoms. The van der Waals surface area contributed by atoms with Crippen molar-refractivity contribution in [2.45, 2.75) is 23.7 Å². The number of para-hydroxylation sites is 2. The lowest BCUT2D eigenvalue weighted by molar-refractivity contribution is 0.466. The highest BCUT2D eigenvalue weighted by Crippen LogP contribution is 2.66. The molecule has 0 N–H and O–H groups in total. The van der Waals surface area contributed by atoms with Crippen molar-refractivity contribution in [3.05, 3.63) is 264 Å². The minimum absolute atomic E-state index is 0.147. The maximum absolute atomic E-state index is 16.0. The summed E-state index contributed by atoms with van der Waals surface area (Å²) in [6.07, 6.45) is 17.0. The predicted molar refractivity (Wildman–Crippen MR) is 272 cm³/mol. The average Bonchev–Trinajstić information content (AvgIpc) is 4.03. The van der Waals surface area contributed by atoms with Crippen LogP contribution in [0.4, 0.5) is 0 Å². The van der Waals surface area contributed by atoms with E-state index in [4.69, 9.17) is 4.98 Å². The fraction of sp³-hybridized carbons (Fsp3) is 0.0806. The zero-order valence-electron chi connectivity index (χ0n) is 36.1. The van der Waals surface area contributed by atoms with Gasteiger partial charge in [-0.05, 0) is 98.0 Å². The van der Waals surface area contributed by atoms with Crippen LogP contribution in [0.15, 0.2) is 231 Å². The van der Waals surface area contributed by atoms with Crippen LogP contribution in [0.25, 0.3) is 55.7 Å². The summed E-state index contributed by atoms with van der Waals surface area (Å²) in [5.74, 6) is 1.74. The van der Waals surface area contributed by atoms with E-state index in [2.05, 4.69) is 174 Å². The molecule has 4 aliphatic carbocycles. The van der Waals surface area contributed by atoms with E-state index in [0.29, 0.717) is 0 Å². The Kier molecular flexibility index (Phi) is 8.13. The Morgan fingerprint density at radius 3 is 1.92 bits per heavy atom. The number of allylic oxidation sites excluding steroid dienone is 8. The topological polar surface area (TPSA) is 34.9 Å². The summed E-state index contributed by atoms with van der Waals surface area (Å²) in [4.78, 5) is 5.19. The fourth-order valence-electron chi connectivity index (χ4n) is 12.4. The summed E-state index contributed by atoms with van der Waals surface area (Å²) in [6.45, 7) is 0. The van der Waals surface area contributed by atoms with Gasteiger partial charge in [-0.25, -0.2) is 4.98 Å². The predicted octanol–water partition coefficient (Wildman–Crippen LogP) is 13.6. The van der Waals surface area contributed by atoms with Crippen LogP contribution in [-0.4, -0.2) is 9.55 Å². The molecule has 8 aromatic carbocycles. The summed E-state index contributed by atoms with van der Waals surface area (Å²) in [6, 6.07) is 67.7. The van der Waals surface area contributed by atoms with Crippen molar-refractivity contribution in [2.75, 3.05) is 0 Å². The zero-order valence-corrected chi connectivity index (χ0v) is 37.0. The molecule has 0 bridgehead atoms. The molecule has 4 heteroatoms. The highest BCUT2D eigenvalue weighted by atomic mass is 31.2. The quantitative estimate of drug-likeness (QED) is 0.162. The van der Waals surface area contributed by atoms with Crippen LogP contribution in [0.5, 0.6) is 0 Å². The van der Waals surface area contributed by atoms with Crippen molar-refractivity contribution in [3.63, 3.8) is 0 Å². The van der Waals surface area contributed by atoms with Crippen molar-refractivity contribution >= 4 is 39.7 Å². The first-order valence-corrected chi connectivity index (χ1v) is 24.9. The third kappa shape index (κ3) is 5.15. The Morgan fingerprint density at radius 2 is 1.15 bits per heavy atom. The number of imidazole rings is 1. The zero-order chi connectivity index (χ0) is 43.6. The molecule has 3 unspecified atom stereocenters. The van der Waals surface area contributed by atoms with Gasteiger partial charge in [0, 0.05) is 39.2 Å². The number of benzene rings is 8. The molecule has 0 saturated heterocycles. The van der Waals surface area contributed by atoms with Gasteiger partial charge in [0.2, 0.25) is 0 Å². The SMILES string of the molecule is O=P(c1ccccc1)(c1ccccc1)c1ccc2c(c1)[C@]1(c3cc(-c4ccc(-c5ccc6c(c5)-n5c(nc7ccccc75)C5CC=CC=C65)cc4)ccc3-2)c2ccccc2C2C=CC=CC21. The molecule has 9 aromatic rings. The molecule has 2 heterocycles. The van der Waals surface area contributed by atoms with Crippen LogP contribution in [0.1, 0.15) is 51.9 Å². The van der Waals surface area contributed by atoms with E-state index >= 15 is 4.57 Å².